The number of carboxylic acid groups (broad SMARTS) is 1. The van der Waals surface area contributed by atoms with Crippen LogP contribution in [0.4, 0.5) is 4.39 Å². The standard InChI is InChI=1S/C10H10BrFO3/c1-5-3-7(4-6(2)8(5)11)15-9(12)10(13)14/h3-4,9H,1-2H3,(H,13,14). The van der Waals surface area contributed by atoms with Crippen molar-refractivity contribution in [1.82, 2.24) is 0 Å². The van der Waals surface area contributed by atoms with Crippen molar-refractivity contribution in [2.24, 2.45) is 0 Å². The van der Waals surface area contributed by atoms with Gasteiger partial charge >= 0.3 is 12.3 Å². The summed E-state index contributed by atoms with van der Waals surface area (Å²) in [6.45, 7) is 3.63. The summed E-state index contributed by atoms with van der Waals surface area (Å²) in [7, 11) is 0. The smallest absolute Gasteiger partial charge is 0.378 e. The van der Waals surface area contributed by atoms with Crippen LogP contribution in [0.5, 0.6) is 5.75 Å². The maximum Gasteiger partial charge on any atom is 0.378 e. The zero-order valence-corrected chi connectivity index (χ0v) is 9.84. The molecular weight excluding hydrogens is 267 g/mol. The van der Waals surface area contributed by atoms with Gasteiger partial charge < -0.3 is 9.84 Å². The van der Waals surface area contributed by atoms with Gasteiger partial charge in [0.15, 0.2) is 0 Å². The first kappa shape index (κ1) is 12.0. The minimum atomic E-state index is -2.33. The lowest BCUT2D eigenvalue weighted by Crippen LogP contribution is -2.21. The van der Waals surface area contributed by atoms with E-state index < -0.39 is 12.3 Å². The lowest BCUT2D eigenvalue weighted by Gasteiger charge is -2.10. The molecule has 82 valence electrons. The van der Waals surface area contributed by atoms with E-state index in [-0.39, 0.29) is 5.75 Å². The molecular formula is C10H10BrFO3. The van der Waals surface area contributed by atoms with E-state index in [0.29, 0.717) is 0 Å². The Morgan fingerprint density at radius 1 is 1.47 bits per heavy atom. The van der Waals surface area contributed by atoms with E-state index in [4.69, 9.17) is 5.11 Å². The summed E-state index contributed by atoms with van der Waals surface area (Å²) in [5.41, 5.74) is 1.73. The van der Waals surface area contributed by atoms with Gasteiger partial charge in [-0.25, -0.2) is 4.79 Å². The monoisotopic (exact) mass is 276 g/mol. The highest BCUT2D eigenvalue weighted by Crippen LogP contribution is 2.26. The molecule has 0 radical (unpaired) electrons. The third-order valence-corrected chi connectivity index (χ3v) is 3.09. The molecule has 3 nitrogen and oxygen atoms in total. The van der Waals surface area contributed by atoms with Crippen molar-refractivity contribution < 1.29 is 19.0 Å². The van der Waals surface area contributed by atoms with E-state index >= 15 is 0 Å². The molecule has 0 fully saturated rings. The number of aryl methyl sites for hydroxylation is 2. The van der Waals surface area contributed by atoms with Gasteiger partial charge in [-0.3, -0.25) is 0 Å². The highest BCUT2D eigenvalue weighted by molar-refractivity contribution is 9.10. The molecule has 0 saturated carbocycles. The van der Waals surface area contributed by atoms with Crippen LogP contribution in [-0.2, 0) is 4.79 Å². The number of ether oxygens (including phenoxy) is 1. The van der Waals surface area contributed by atoms with Crippen LogP contribution in [-0.4, -0.2) is 17.4 Å². The lowest BCUT2D eigenvalue weighted by atomic mass is 10.1. The molecule has 0 aliphatic rings. The summed E-state index contributed by atoms with van der Waals surface area (Å²) in [5.74, 6) is -1.42. The highest BCUT2D eigenvalue weighted by atomic mass is 79.9. The number of aliphatic carboxylic acids is 1. The van der Waals surface area contributed by atoms with Gasteiger partial charge in [0.25, 0.3) is 0 Å². The Balaban J connectivity index is 2.92. The molecule has 0 spiro atoms. The van der Waals surface area contributed by atoms with E-state index in [1.807, 2.05) is 13.8 Å². The minimum Gasteiger partial charge on any atom is -0.476 e. The molecule has 1 rings (SSSR count). The van der Waals surface area contributed by atoms with Crippen LogP contribution in [0.1, 0.15) is 11.1 Å². The SMILES string of the molecule is Cc1cc(OC(F)C(=O)O)cc(C)c1Br. The third-order valence-electron chi connectivity index (χ3n) is 1.84. The number of rotatable bonds is 3. The Morgan fingerprint density at radius 2 is 1.93 bits per heavy atom. The molecule has 1 N–H and O–H groups in total. The van der Waals surface area contributed by atoms with Crippen molar-refractivity contribution in [1.29, 1.82) is 0 Å². The maximum atomic E-state index is 12.7. The van der Waals surface area contributed by atoms with Crippen molar-refractivity contribution in [2.75, 3.05) is 0 Å². The Labute approximate surface area is 95.0 Å². The van der Waals surface area contributed by atoms with Gasteiger partial charge in [0.2, 0.25) is 0 Å². The number of benzene rings is 1. The first-order chi connectivity index (χ1) is 6.91. The van der Waals surface area contributed by atoms with E-state index in [1.165, 1.54) is 0 Å². The summed E-state index contributed by atoms with van der Waals surface area (Å²) in [5, 5.41) is 8.33. The predicted molar refractivity (Wildman–Crippen MR) is 56.8 cm³/mol. The summed E-state index contributed by atoms with van der Waals surface area (Å²) in [4.78, 5) is 10.2. The van der Waals surface area contributed by atoms with Crippen LogP contribution in [0, 0.1) is 13.8 Å². The first-order valence-electron chi connectivity index (χ1n) is 4.22. The number of hydrogen-bond acceptors (Lipinski definition) is 2. The van der Waals surface area contributed by atoms with Gasteiger partial charge in [-0.15, -0.1) is 0 Å². The molecule has 0 aromatic heterocycles. The van der Waals surface area contributed by atoms with E-state index in [0.717, 1.165) is 15.6 Å². The Bertz CT molecular complexity index is 369. The molecule has 0 amide bonds. The second kappa shape index (κ2) is 4.61. The fourth-order valence-electron chi connectivity index (χ4n) is 1.14. The molecule has 1 atom stereocenters. The van der Waals surface area contributed by atoms with Crippen molar-refractivity contribution in [3.8, 4) is 5.75 Å². The quantitative estimate of drug-likeness (QED) is 0.924. The van der Waals surface area contributed by atoms with Crippen LogP contribution < -0.4 is 4.74 Å². The molecule has 0 aliphatic heterocycles. The summed E-state index contributed by atoms with van der Waals surface area (Å²) in [6, 6.07) is 3.15. The molecule has 0 aliphatic carbocycles. The van der Waals surface area contributed by atoms with Crippen LogP contribution in [0.2, 0.25) is 0 Å². The first-order valence-corrected chi connectivity index (χ1v) is 5.01. The van der Waals surface area contributed by atoms with Crippen LogP contribution in [0.25, 0.3) is 0 Å². The van der Waals surface area contributed by atoms with Gasteiger partial charge in [0.05, 0.1) is 0 Å². The van der Waals surface area contributed by atoms with E-state index in [1.54, 1.807) is 12.1 Å². The van der Waals surface area contributed by atoms with E-state index in [2.05, 4.69) is 20.7 Å². The number of alkyl halides is 1. The Hall–Kier alpha value is -1.10. The molecule has 0 saturated heterocycles. The normalized spacial score (nSPS) is 12.3. The molecule has 15 heavy (non-hydrogen) atoms. The second-order valence-corrected chi connectivity index (χ2v) is 3.94. The van der Waals surface area contributed by atoms with Gasteiger partial charge in [-0.05, 0) is 37.1 Å². The van der Waals surface area contributed by atoms with E-state index in [9.17, 15) is 9.18 Å². The fourth-order valence-corrected chi connectivity index (χ4v) is 1.37. The second-order valence-electron chi connectivity index (χ2n) is 3.14. The topological polar surface area (TPSA) is 46.5 Å². The summed E-state index contributed by atoms with van der Waals surface area (Å²) in [6.07, 6.45) is -2.33. The number of carboxylic acids is 1. The highest BCUT2D eigenvalue weighted by Gasteiger charge is 2.17. The average molecular weight is 277 g/mol. The zero-order valence-electron chi connectivity index (χ0n) is 8.25. The minimum absolute atomic E-state index is 0.211. The lowest BCUT2D eigenvalue weighted by molar-refractivity contribution is -0.153. The Kier molecular flexibility index (Phi) is 3.68. The molecule has 0 bridgehead atoms. The largest absolute Gasteiger partial charge is 0.476 e. The van der Waals surface area contributed by atoms with Gasteiger partial charge in [0.1, 0.15) is 5.75 Å². The van der Waals surface area contributed by atoms with Crippen molar-refractivity contribution in [2.45, 2.75) is 20.2 Å². The van der Waals surface area contributed by atoms with Crippen LogP contribution in [0.15, 0.2) is 16.6 Å². The molecule has 5 heteroatoms. The molecule has 1 unspecified atom stereocenters. The van der Waals surface area contributed by atoms with Gasteiger partial charge in [-0.2, -0.15) is 4.39 Å². The number of hydrogen-bond donors (Lipinski definition) is 1. The number of halogens is 2. The van der Waals surface area contributed by atoms with Crippen LogP contribution >= 0.6 is 15.9 Å². The van der Waals surface area contributed by atoms with Gasteiger partial charge in [0, 0.05) is 4.47 Å². The summed E-state index contributed by atoms with van der Waals surface area (Å²) < 4.78 is 18.3. The predicted octanol–water partition coefficient (Wildman–Crippen LogP) is 2.82. The average Bonchev–Trinajstić information content (AvgIpc) is 2.13. The third kappa shape index (κ3) is 2.92. The van der Waals surface area contributed by atoms with Crippen molar-refractivity contribution >= 4 is 21.9 Å². The zero-order chi connectivity index (χ0) is 11.6. The molecule has 0 heterocycles. The molecule has 1 aromatic carbocycles. The molecule has 1 aromatic rings. The number of carbonyl (C=O) groups is 1. The van der Waals surface area contributed by atoms with Crippen molar-refractivity contribution in [3.63, 3.8) is 0 Å². The Morgan fingerprint density at radius 3 is 2.33 bits per heavy atom. The van der Waals surface area contributed by atoms with Crippen LogP contribution in [0.3, 0.4) is 0 Å². The maximum absolute atomic E-state index is 12.7. The van der Waals surface area contributed by atoms with Gasteiger partial charge in [-0.1, -0.05) is 15.9 Å². The summed E-state index contributed by atoms with van der Waals surface area (Å²) >= 11 is 3.34. The fraction of sp³-hybridized carbons (Fsp3) is 0.300. The van der Waals surface area contributed by atoms with Crippen molar-refractivity contribution in [3.05, 3.63) is 27.7 Å².